The van der Waals surface area contributed by atoms with E-state index in [1.807, 2.05) is 38.1 Å². The Bertz CT molecular complexity index is 1050. The van der Waals surface area contributed by atoms with Crippen molar-refractivity contribution in [3.8, 4) is 5.75 Å². The van der Waals surface area contributed by atoms with Crippen LogP contribution in [0.4, 0.5) is 11.4 Å². The number of nitro benzene ring substituents is 1. The van der Waals surface area contributed by atoms with Crippen molar-refractivity contribution < 1.29 is 14.5 Å². The average Bonchev–Trinajstić information content (AvgIpc) is 3.09. The minimum atomic E-state index is -0.535. The van der Waals surface area contributed by atoms with Crippen molar-refractivity contribution in [1.82, 2.24) is 14.8 Å². The summed E-state index contributed by atoms with van der Waals surface area (Å²) in [7, 11) is 1.80. The average molecular weight is 427 g/mol. The summed E-state index contributed by atoms with van der Waals surface area (Å²) in [5.41, 5.74) is 1.15. The number of ether oxygens (including phenoxy) is 1. The standard InChI is InChI=1S/C20H21N5O4S/c1-13-8-10-15(11-9-13)29-14(2)19-22-23-20(24(19)3)30-12-18(26)21-16-6-4-5-7-17(16)25(27)28/h4-11,14H,12H2,1-3H3,(H,21,26). The number of anilines is 1. The highest BCUT2D eigenvalue weighted by Crippen LogP contribution is 2.25. The Morgan fingerprint density at radius 3 is 2.63 bits per heavy atom. The number of nitro groups is 1. The monoisotopic (exact) mass is 427 g/mol. The van der Waals surface area contributed by atoms with Crippen molar-refractivity contribution in [2.75, 3.05) is 11.1 Å². The van der Waals surface area contributed by atoms with Gasteiger partial charge in [-0.2, -0.15) is 0 Å². The zero-order valence-corrected chi connectivity index (χ0v) is 17.5. The van der Waals surface area contributed by atoms with Gasteiger partial charge in [-0.3, -0.25) is 14.9 Å². The largest absolute Gasteiger partial charge is 0.483 e. The van der Waals surface area contributed by atoms with Gasteiger partial charge >= 0.3 is 0 Å². The van der Waals surface area contributed by atoms with Gasteiger partial charge in [-0.25, -0.2) is 0 Å². The van der Waals surface area contributed by atoms with Gasteiger partial charge in [-0.15, -0.1) is 10.2 Å². The van der Waals surface area contributed by atoms with Gasteiger partial charge in [0.2, 0.25) is 5.91 Å². The maximum Gasteiger partial charge on any atom is 0.292 e. The van der Waals surface area contributed by atoms with E-state index in [0.29, 0.717) is 11.0 Å². The number of nitrogens with one attached hydrogen (secondary N) is 1. The van der Waals surface area contributed by atoms with E-state index in [1.165, 1.54) is 23.9 Å². The van der Waals surface area contributed by atoms with E-state index in [4.69, 9.17) is 4.74 Å². The van der Waals surface area contributed by atoms with Crippen LogP contribution in [0.25, 0.3) is 0 Å². The van der Waals surface area contributed by atoms with Crippen molar-refractivity contribution in [2.45, 2.75) is 25.1 Å². The molecule has 1 heterocycles. The zero-order valence-electron chi connectivity index (χ0n) is 16.7. The molecule has 156 valence electrons. The highest BCUT2D eigenvalue weighted by molar-refractivity contribution is 7.99. The zero-order chi connectivity index (χ0) is 21.7. The third-order valence-corrected chi connectivity index (χ3v) is 5.29. The highest BCUT2D eigenvalue weighted by Gasteiger charge is 2.19. The number of hydrogen-bond acceptors (Lipinski definition) is 7. The number of rotatable bonds is 8. The summed E-state index contributed by atoms with van der Waals surface area (Å²) in [5.74, 6) is 1.01. The number of thioether (sulfide) groups is 1. The van der Waals surface area contributed by atoms with Gasteiger partial charge in [0, 0.05) is 13.1 Å². The van der Waals surface area contributed by atoms with Crippen LogP contribution < -0.4 is 10.1 Å². The molecule has 3 aromatic rings. The number of para-hydroxylation sites is 2. The predicted molar refractivity (Wildman–Crippen MR) is 114 cm³/mol. The molecule has 0 aliphatic heterocycles. The number of benzene rings is 2. The number of aromatic nitrogens is 3. The topological polar surface area (TPSA) is 112 Å². The molecule has 0 bridgehead atoms. The molecule has 1 N–H and O–H groups in total. The second-order valence-corrected chi connectivity index (χ2v) is 7.53. The van der Waals surface area contributed by atoms with Crippen LogP contribution in [0.1, 0.15) is 24.4 Å². The van der Waals surface area contributed by atoms with Crippen molar-refractivity contribution in [2.24, 2.45) is 7.05 Å². The van der Waals surface area contributed by atoms with Gasteiger partial charge in [0.25, 0.3) is 5.69 Å². The van der Waals surface area contributed by atoms with E-state index in [-0.39, 0.29) is 29.1 Å². The molecule has 0 spiro atoms. The Hall–Kier alpha value is -3.40. The van der Waals surface area contributed by atoms with Crippen molar-refractivity contribution in [3.05, 3.63) is 70.0 Å². The van der Waals surface area contributed by atoms with E-state index in [0.717, 1.165) is 11.3 Å². The van der Waals surface area contributed by atoms with Gasteiger partial charge in [-0.1, -0.05) is 41.6 Å². The number of carbonyl (C=O) groups excluding carboxylic acids is 1. The summed E-state index contributed by atoms with van der Waals surface area (Å²) in [6, 6.07) is 13.7. The number of nitrogens with zero attached hydrogens (tertiary/aromatic N) is 4. The normalized spacial score (nSPS) is 11.7. The molecule has 1 atom stereocenters. The minimum absolute atomic E-state index is 0.0330. The third kappa shape index (κ3) is 5.15. The molecule has 0 aliphatic rings. The van der Waals surface area contributed by atoms with Gasteiger partial charge < -0.3 is 14.6 Å². The first-order chi connectivity index (χ1) is 14.3. The fraction of sp³-hybridized carbons (Fsp3) is 0.250. The summed E-state index contributed by atoms with van der Waals surface area (Å²) in [4.78, 5) is 22.8. The Labute approximate surface area is 177 Å². The molecule has 30 heavy (non-hydrogen) atoms. The number of aryl methyl sites for hydroxylation is 1. The van der Waals surface area contributed by atoms with E-state index in [2.05, 4.69) is 15.5 Å². The molecule has 0 saturated heterocycles. The molecule has 1 unspecified atom stereocenters. The quantitative estimate of drug-likeness (QED) is 0.329. The van der Waals surface area contributed by atoms with Crippen LogP contribution in [0.2, 0.25) is 0 Å². The smallest absolute Gasteiger partial charge is 0.292 e. The molecule has 0 aliphatic carbocycles. The molecule has 0 radical (unpaired) electrons. The molecule has 0 fully saturated rings. The Morgan fingerprint density at radius 1 is 1.23 bits per heavy atom. The van der Waals surface area contributed by atoms with Gasteiger partial charge in [-0.05, 0) is 32.0 Å². The summed E-state index contributed by atoms with van der Waals surface area (Å²) in [6.45, 7) is 3.88. The molecule has 10 heteroatoms. The molecule has 3 rings (SSSR count). The Balaban J connectivity index is 1.60. The molecule has 9 nitrogen and oxygen atoms in total. The van der Waals surface area contributed by atoms with Gasteiger partial charge in [0.05, 0.1) is 10.7 Å². The fourth-order valence-electron chi connectivity index (χ4n) is 2.73. The molecule has 1 amide bonds. The van der Waals surface area contributed by atoms with E-state index >= 15 is 0 Å². The van der Waals surface area contributed by atoms with E-state index < -0.39 is 4.92 Å². The van der Waals surface area contributed by atoms with Gasteiger partial charge in [0.15, 0.2) is 17.1 Å². The second-order valence-electron chi connectivity index (χ2n) is 6.58. The molecule has 0 saturated carbocycles. The fourth-order valence-corrected chi connectivity index (χ4v) is 3.45. The second kappa shape index (κ2) is 9.40. The van der Waals surface area contributed by atoms with Crippen LogP contribution in [0, 0.1) is 17.0 Å². The Kier molecular flexibility index (Phi) is 6.68. The van der Waals surface area contributed by atoms with Gasteiger partial charge in [0.1, 0.15) is 11.4 Å². The van der Waals surface area contributed by atoms with Crippen LogP contribution in [0.5, 0.6) is 5.75 Å². The van der Waals surface area contributed by atoms with Crippen molar-refractivity contribution in [3.63, 3.8) is 0 Å². The number of hydrogen-bond donors (Lipinski definition) is 1. The number of amides is 1. The van der Waals surface area contributed by atoms with Crippen LogP contribution >= 0.6 is 11.8 Å². The van der Waals surface area contributed by atoms with E-state index in [1.54, 1.807) is 23.7 Å². The molecule has 2 aromatic carbocycles. The SMILES string of the molecule is Cc1ccc(OC(C)c2nnc(SCC(=O)Nc3ccccc3[N+](=O)[O-])n2C)cc1. The lowest BCUT2D eigenvalue weighted by molar-refractivity contribution is -0.383. The van der Waals surface area contributed by atoms with Crippen molar-refractivity contribution in [1.29, 1.82) is 0 Å². The first kappa shape index (κ1) is 21.3. The predicted octanol–water partition coefficient (Wildman–Crippen LogP) is 3.90. The molecular weight excluding hydrogens is 406 g/mol. The minimum Gasteiger partial charge on any atom is -0.483 e. The van der Waals surface area contributed by atoms with Crippen molar-refractivity contribution >= 4 is 29.0 Å². The summed E-state index contributed by atoms with van der Waals surface area (Å²) in [6.07, 6.45) is -0.333. The van der Waals surface area contributed by atoms with Crippen LogP contribution in [-0.2, 0) is 11.8 Å². The first-order valence-electron chi connectivity index (χ1n) is 9.14. The lowest BCUT2D eigenvalue weighted by Crippen LogP contribution is -2.15. The van der Waals surface area contributed by atoms with Crippen LogP contribution in [-0.4, -0.2) is 31.3 Å². The lowest BCUT2D eigenvalue weighted by atomic mass is 10.2. The molecular formula is C20H21N5O4S. The summed E-state index contributed by atoms with van der Waals surface area (Å²) in [5, 5.41) is 22.5. The summed E-state index contributed by atoms with van der Waals surface area (Å²) < 4.78 is 7.68. The Morgan fingerprint density at radius 2 is 1.93 bits per heavy atom. The number of carbonyl (C=O) groups is 1. The van der Waals surface area contributed by atoms with Crippen LogP contribution in [0.15, 0.2) is 53.7 Å². The maximum atomic E-state index is 12.2. The highest BCUT2D eigenvalue weighted by atomic mass is 32.2. The first-order valence-corrected chi connectivity index (χ1v) is 10.1. The molecule has 1 aromatic heterocycles. The summed E-state index contributed by atoms with van der Waals surface area (Å²) >= 11 is 1.19. The third-order valence-electron chi connectivity index (χ3n) is 4.27. The van der Waals surface area contributed by atoms with Crippen LogP contribution in [0.3, 0.4) is 0 Å². The lowest BCUT2D eigenvalue weighted by Gasteiger charge is -2.14. The van der Waals surface area contributed by atoms with E-state index in [9.17, 15) is 14.9 Å². The maximum absolute atomic E-state index is 12.2.